The maximum Gasteiger partial charge on any atom is 0.309 e. The van der Waals surface area contributed by atoms with E-state index in [9.17, 15) is 9.18 Å². The summed E-state index contributed by atoms with van der Waals surface area (Å²) in [4.78, 5) is 13.3. The van der Waals surface area contributed by atoms with E-state index >= 15 is 0 Å². The van der Waals surface area contributed by atoms with Crippen LogP contribution in [-0.4, -0.2) is 24.3 Å². The highest BCUT2D eigenvalue weighted by molar-refractivity contribution is 5.73. The summed E-state index contributed by atoms with van der Waals surface area (Å²) in [6.07, 6.45) is 11.7. The van der Waals surface area contributed by atoms with E-state index in [1.807, 2.05) is 26.0 Å². The Bertz CT molecular complexity index is 1090. The first-order chi connectivity index (χ1) is 18.9. The van der Waals surface area contributed by atoms with Crippen molar-refractivity contribution < 1.29 is 23.4 Å². The molecule has 2 saturated carbocycles. The molecular weight excluding hydrogens is 493 g/mol. The van der Waals surface area contributed by atoms with Crippen LogP contribution in [0, 0.1) is 17.7 Å². The smallest absolute Gasteiger partial charge is 0.309 e. The largest absolute Gasteiger partial charge is 0.483 e. The Hall–Kier alpha value is -2.60. The second-order valence-corrected chi connectivity index (χ2v) is 12.2. The van der Waals surface area contributed by atoms with Gasteiger partial charge in [-0.25, -0.2) is 4.39 Å². The summed E-state index contributed by atoms with van der Waals surface area (Å²) >= 11 is 0. The van der Waals surface area contributed by atoms with Crippen LogP contribution in [0.1, 0.15) is 102 Å². The highest BCUT2D eigenvalue weighted by Gasteiger charge is 2.48. The Labute approximate surface area is 232 Å². The summed E-state index contributed by atoms with van der Waals surface area (Å²) in [6.45, 7) is 5.19. The highest BCUT2D eigenvalue weighted by Crippen LogP contribution is 2.45. The van der Waals surface area contributed by atoms with Crippen molar-refractivity contribution in [1.29, 1.82) is 0 Å². The average Bonchev–Trinajstić information content (AvgIpc) is 2.95. The first kappa shape index (κ1) is 27.9. The van der Waals surface area contributed by atoms with Crippen molar-refractivity contribution in [3.8, 4) is 5.75 Å². The molecule has 2 atom stereocenters. The fraction of sp³-hybridized carbons (Fsp3) is 0.606. The van der Waals surface area contributed by atoms with Crippen molar-refractivity contribution >= 4 is 11.7 Å². The van der Waals surface area contributed by atoms with Crippen LogP contribution in [0.5, 0.6) is 5.75 Å². The van der Waals surface area contributed by atoms with Gasteiger partial charge in [0.05, 0.1) is 5.92 Å². The van der Waals surface area contributed by atoms with Crippen LogP contribution in [-0.2, 0) is 20.8 Å². The number of halogens is 1. The van der Waals surface area contributed by atoms with Crippen LogP contribution in [0.25, 0.3) is 0 Å². The minimum Gasteiger partial charge on any atom is -0.483 e. The van der Waals surface area contributed by atoms with Crippen molar-refractivity contribution in [2.45, 2.75) is 109 Å². The molecule has 1 heterocycles. The first-order valence-corrected chi connectivity index (χ1v) is 15.0. The molecule has 0 spiro atoms. The zero-order valence-electron chi connectivity index (χ0n) is 23.6. The van der Waals surface area contributed by atoms with Crippen molar-refractivity contribution in [2.75, 3.05) is 11.9 Å². The number of anilines is 1. The number of ether oxygens (including phenoxy) is 3. The van der Waals surface area contributed by atoms with Crippen LogP contribution in [0.2, 0.25) is 0 Å². The predicted molar refractivity (Wildman–Crippen MR) is 151 cm³/mol. The van der Waals surface area contributed by atoms with Gasteiger partial charge in [-0.05, 0) is 74.9 Å². The average molecular weight is 538 g/mol. The molecule has 5 rings (SSSR count). The van der Waals surface area contributed by atoms with E-state index in [4.69, 9.17) is 14.2 Å². The summed E-state index contributed by atoms with van der Waals surface area (Å²) in [5.41, 5.74) is 2.09. The van der Waals surface area contributed by atoms with E-state index in [0.717, 1.165) is 54.7 Å². The molecule has 5 nitrogen and oxygen atoms in total. The van der Waals surface area contributed by atoms with E-state index in [0.29, 0.717) is 19.1 Å². The molecule has 0 radical (unpaired) electrons. The zero-order chi connectivity index (χ0) is 27.2. The number of esters is 1. The van der Waals surface area contributed by atoms with E-state index < -0.39 is 17.8 Å². The maximum atomic E-state index is 13.3. The van der Waals surface area contributed by atoms with E-state index in [2.05, 4.69) is 11.4 Å². The molecule has 2 unspecified atom stereocenters. The summed E-state index contributed by atoms with van der Waals surface area (Å²) in [5.74, 6) is 1.07. The number of rotatable bonds is 9. The minimum atomic E-state index is -0.726. The monoisotopic (exact) mass is 537 g/mol. The maximum absolute atomic E-state index is 13.3. The molecular formula is C33H44FNO4. The van der Waals surface area contributed by atoms with Gasteiger partial charge >= 0.3 is 5.97 Å². The molecule has 0 saturated heterocycles. The van der Waals surface area contributed by atoms with Gasteiger partial charge in [0, 0.05) is 24.4 Å². The number of carbonyl (C=O) groups is 1. The highest BCUT2D eigenvalue weighted by atomic mass is 19.1. The van der Waals surface area contributed by atoms with Crippen LogP contribution < -0.4 is 10.1 Å². The van der Waals surface area contributed by atoms with Crippen LogP contribution in [0.15, 0.2) is 42.5 Å². The predicted octanol–water partition coefficient (Wildman–Crippen LogP) is 8.13. The van der Waals surface area contributed by atoms with E-state index in [-0.39, 0.29) is 17.7 Å². The molecule has 2 aromatic carbocycles. The lowest BCUT2D eigenvalue weighted by molar-refractivity contribution is -0.189. The van der Waals surface area contributed by atoms with Gasteiger partial charge in [-0.3, -0.25) is 4.79 Å². The van der Waals surface area contributed by atoms with Gasteiger partial charge in [-0.15, -0.1) is 0 Å². The third-order valence-corrected chi connectivity index (χ3v) is 8.79. The molecule has 212 valence electrons. The van der Waals surface area contributed by atoms with Crippen LogP contribution >= 0.6 is 0 Å². The van der Waals surface area contributed by atoms with Crippen LogP contribution in [0.4, 0.5) is 10.1 Å². The van der Waals surface area contributed by atoms with Gasteiger partial charge < -0.3 is 19.5 Å². The standard InChI is InChI=1S/C33H44FNO4/c1-33(2)31(38-32(36)25-11-7-4-8-12-25)30(37-20-19-23-9-5-3-6-10-23)28-21-27(17-18-29(28)39-33)35-22-24-13-15-26(34)16-14-24/h13-18,21,23,25,30-31,35H,3-12,19-20,22H2,1-2H3. The van der Waals surface area contributed by atoms with Gasteiger partial charge in [-0.1, -0.05) is 63.5 Å². The lowest BCUT2D eigenvalue weighted by atomic mass is 9.86. The summed E-state index contributed by atoms with van der Waals surface area (Å²) < 4.78 is 32.7. The minimum absolute atomic E-state index is 0.0393. The lowest BCUT2D eigenvalue weighted by Crippen LogP contribution is -2.52. The first-order valence-electron chi connectivity index (χ1n) is 15.0. The van der Waals surface area contributed by atoms with Gasteiger partial charge in [0.15, 0.2) is 6.10 Å². The van der Waals surface area contributed by atoms with E-state index in [1.165, 1.54) is 50.7 Å². The molecule has 0 bridgehead atoms. The molecule has 2 aliphatic carbocycles. The number of nitrogens with one attached hydrogen (secondary N) is 1. The SMILES string of the molecule is CC1(C)Oc2ccc(NCc3ccc(F)cc3)cc2C(OCCC2CCCCC2)C1OC(=O)C1CCCCC1. The van der Waals surface area contributed by atoms with Crippen molar-refractivity contribution in [3.63, 3.8) is 0 Å². The molecule has 2 fully saturated rings. The van der Waals surface area contributed by atoms with Crippen LogP contribution in [0.3, 0.4) is 0 Å². The zero-order valence-corrected chi connectivity index (χ0v) is 23.6. The fourth-order valence-corrected chi connectivity index (χ4v) is 6.43. The molecule has 0 aromatic heterocycles. The lowest BCUT2D eigenvalue weighted by Gasteiger charge is -2.44. The van der Waals surface area contributed by atoms with Gasteiger partial charge in [0.2, 0.25) is 0 Å². The number of fused-ring (bicyclic) bond motifs is 1. The van der Waals surface area contributed by atoms with Crippen molar-refractivity contribution in [1.82, 2.24) is 0 Å². The Morgan fingerprint density at radius 2 is 1.67 bits per heavy atom. The number of benzene rings is 2. The number of hydrogen-bond donors (Lipinski definition) is 1. The molecule has 39 heavy (non-hydrogen) atoms. The van der Waals surface area contributed by atoms with Gasteiger partial charge in [-0.2, -0.15) is 0 Å². The third-order valence-electron chi connectivity index (χ3n) is 8.79. The Morgan fingerprint density at radius 3 is 2.38 bits per heavy atom. The molecule has 3 aliphatic rings. The Kier molecular flexibility index (Phi) is 9.11. The second kappa shape index (κ2) is 12.7. The van der Waals surface area contributed by atoms with Crippen molar-refractivity contribution in [2.24, 2.45) is 11.8 Å². The Balaban J connectivity index is 1.36. The fourth-order valence-electron chi connectivity index (χ4n) is 6.43. The second-order valence-electron chi connectivity index (χ2n) is 12.2. The van der Waals surface area contributed by atoms with Gasteiger partial charge in [0.1, 0.15) is 23.3 Å². The van der Waals surface area contributed by atoms with Gasteiger partial charge in [0.25, 0.3) is 0 Å². The number of carbonyl (C=O) groups excluding carboxylic acids is 1. The molecule has 2 aromatic rings. The molecule has 1 aliphatic heterocycles. The quantitative estimate of drug-likeness (QED) is 0.327. The third kappa shape index (κ3) is 7.13. The van der Waals surface area contributed by atoms with Crippen molar-refractivity contribution in [3.05, 3.63) is 59.4 Å². The Morgan fingerprint density at radius 1 is 0.974 bits per heavy atom. The summed E-state index contributed by atoms with van der Waals surface area (Å²) in [5, 5.41) is 3.45. The number of hydrogen-bond acceptors (Lipinski definition) is 5. The molecule has 0 amide bonds. The molecule has 1 N–H and O–H groups in total. The summed E-state index contributed by atoms with van der Waals surface area (Å²) in [7, 11) is 0. The summed E-state index contributed by atoms with van der Waals surface area (Å²) in [6, 6.07) is 12.5. The van der Waals surface area contributed by atoms with E-state index in [1.54, 1.807) is 12.1 Å². The molecule has 6 heteroatoms. The topological polar surface area (TPSA) is 56.8 Å². The normalized spacial score (nSPS) is 23.5.